The standard InChI is InChI=1S/C8H18N2O3SSi/c1-15(2,3)13-7(11)4-10-8(12)6(9)5-14/h6,14H,4-5,9H2,1-3H3,(H,10,12). The first-order valence-electron chi connectivity index (χ1n) is 4.62. The Balaban J connectivity index is 3.87. The quantitative estimate of drug-likeness (QED) is 0.464. The Hall–Kier alpha value is -0.533. The second kappa shape index (κ2) is 6.14. The van der Waals surface area contributed by atoms with Gasteiger partial charge in [-0.25, -0.2) is 0 Å². The molecule has 0 aliphatic rings. The summed E-state index contributed by atoms with van der Waals surface area (Å²) >= 11 is 3.87. The molecule has 0 bridgehead atoms. The SMILES string of the molecule is C[Si](C)(C)OC(=O)CNC(=O)C(N)CS. The van der Waals surface area contributed by atoms with E-state index in [1.165, 1.54) is 0 Å². The largest absolute Gasteiger partial charge is 0.519 e. The maximum absolute atomic E-state index is 11.2. The molecule has 0 rings (SSSR count). The summed E-state index contributed by atoms with van der Waals surface area (Å²) in [6.07, 6.45) is 0. The molecule has 15 heavy (non-hydrogen) atoms. The molecule has 7 heteroatoms. The van der Waals surface area contributed by atoms with E-state index in [9.17, 15) is 9.59 Å². The van der Waals surface area contributed by atoms with Crippen molar-refractivity contribution < 1.29 is 14.0 Å². The second-order valence-electron chi connectivity index (χ2n) is 4.09. The second-order valence-corrected chi connectivity index (χ2v) is 8.89. The van der Waals surface area contributed by atoms with E-state index in [2.05, 4.69) is 17.9 Å². The van der Waals surface area contributed by atoms with Crippen LogP contribution < -0.4 is 11.1 Å². The minimum atomic E-state index is -1.87. The molecular formula is C8H18N2O3SSi. The van der Waals surface area contributed by atoms with Crippen LogP contribution in [-0.2, 0) is 14.0 Å². The van der Waals surface area contributed by atoms with Gasteiger partial charge in [0.1, 0.15) is 6.54 Å². The van der Waals surface area contributed by atoms with Crippen molar-refractivity contribution in [2.75, 3.05) is 12.3 Å². The van der Waals surface area contributed by atoms with Crippen molar-refractivity contribution in [1.82, 2.24) is 5.32 Å². The van der Waals surface area contributed by atoms with Gasteiger partial charge in [-0.05, 0) is 19.6 Å². The number of nitrogens with one attached hydrogen (secondary N) is 1. The van der Waals surface area contributed by atoms with E-state index in [0.717, 1.165) is 0 Å². The van der Waals surface area contributed by atoms with E-state index in [1.54, 1.807) is 0 Å². The van der Waals surface area contributed by atoms with Gasteiger partial charge < -0.3 is 15.5 Å². The fourth-order valence-electron chi connectivity index (χ4n) is 0.751. The molecule has 0 saturated carbocycles. The number of hydrogen-bond acceptors (Lipinski definition) is 5. The van der Waals surface area contributed by atoms with Crippen molar-refractivity contribution in [1.29, 1.82) is 0 Å². The predicted octanol–water partition coefficient (Wildman–Crippen LogP) is -0.262. The molecule has 1 atom stereocenters. The fraction of sp³-hybridized carbons (Fsp3) is 0.750. The maximum Gasteiger partial charge on any atom is 0.312 e. The Morgan fingerprint density at radius 3 is 2.40 bits per heavy atom. The third-order valence-corrected chi connectivity index (χ3v) is 2.59. The lowest BCUT2D eigenvalue weighted by Crippen LogP contribution is -2.45. The molecule has 0 saturated heterocycles. The lowest BCUT2D eigenvalue weighted by Gasteiger charge is -2.17. The Labute approximate surface area is 96.3 Å². The Bertz CT molecular complexity index is 243. The zero-order valence-electron chi connectivity index (χ0n) is 9.24. The lowest BCUT2D eigenvalue weighted by molar-refractivity contribution is -0.136. The van der Waals surface area contributed by atoms with Crippen LogP contribution in [0.2, 0.25) is 19.6 Å². The zero-order chi connectivity index (χ0) is 12.1. The monoisotopic (exact) mass is 250 g/mol. The summed E-state index contributed by atoms with van der Waals surface area (Å²) in [5.74, 6) is -0.569. The smallest absolute Gasteiger partial charge is 0.312 e. The van der Waals surface area contributed by atoms with E-state index in [0.29, 0.717) is 0 Å². The van der Waals surface area contributed by atoms with Gasteiger partial charge in [-0.2, -0.15) is 12.6 Å². The third-order valence-electron chi connectivity index (χ3n) is 1.36. The molecule has 0 aromatic heterocycles. The first-order valence-corrected chi connectivity index (χ1v) is 8.66. The first-order chi connectivity index (χ1) is 6.76. The van der Waals surface area contributed by atoms with Crippen LogP contribution in [0.4, 0.5) is 0 Å². The van der Waals surface area contributed by atoms with Crippen LogP contribution in [-0.4, -0.2) is 38.5 Å². The van der Waals surface area contributed by atoms with Gasteiger partial charge in [-0.3, -0.25) is 9.59 Å². The fourth-order valence-corrected chi connectivity index (χ4v) is 1.67. The number of nitrogens with two attached hydrogens (primary N) is 1. The molecule has 0 radical (unpaired) electrons. The summed E-state index contributed by atoms with van der Waals surface area (Å²) in [5, 5.41) is 2.39. The van der Waals surface area contributed by atoms with Crippen LogP contribution in [0, 0.1) is 0 Å². The van der Waals surface area contributed by atoms with Crippen molar-refractivity contribution in [2.45, 2.75) is 25.7 Å². The molecule has 1 amide bonds. The van der Waals surface area contributed by atoms with E-state index < -0.39 is 26.2 Å². The average Bonchev–Trinajstić information content (AvgIpc) is 2.10. The third kappa shape index (κ3) is 7.40. The van der Waals surface area contributed by atoms with Gasteiger partial charge in [0, 0.05) is 5.75 Å². The molecule has 0 heterocycles. The molecule has 3 N–H and O–H groups in total. The highest BCUT2D eigenvalue weighted by molar-refractivity contribution is 7.80. The minimum absolute atomic E-state index is 0.134. The molecule has 1 unspecified atom stereocenters. The lowest BCUT2D eigenvalue weighted by atomic mass is 10.3. The van der Waals surface area contributed by atoms with Crippen molar-refractivity contribution in [3.8, 4) is 0 Å². The van der Waals surface area contributed by atoms with Gasteiger partial charge in [0.15, 0.2) is 0 Å². The highest BCUT2D eigenvalue weighted by Gasteiger charge is 2.20. The van der Waals surface area contributed by atoms with Crippen LogP contribution in [0.3, 0.4) is 0 Å². The normalized spacial score (nSPS) is 13.1. The van der Waals surface area contributed by atoms with Crippen LogP contribution >= 0.6 is 12.6 Å². The van der Waals surface area contributed by atoms with Gasteiger partial charge in [0.2, 0.25) is 14.2 Å². The maximum atomic E-state index is 11.2. The number of amides is 1. The number of carbonyl (C=O) groups excluding carboxylic acids is 2. The molecule has 88 valence electrons. The number of carbonyl (C=O) groups is 2. The van der Waals surface area contributed by atoms with Gasteiger partial charge in [0.25, 0.3) is 0 Å². The number of hydrogen-bond donors (Lipinski definition) is 3. The number of rotatable bonds is 5. The summed E-state index contributed by atoms with van der Waals surface area (Å²) < 4.78 is 5.13. The molecule has 0 aliphatic heterocycles. The van der Waals surface area contributed by atoms with Crippen LogP contribution in [0.1, 0.15) is 0 Å². The average molecular weight is 250 g/mol. The van der Waals surface area contributed by atoms with Crippen molar-refractivity contribution >= 4 is 32.8 Å². The topological polar surface area (TPSA) is 81.4 Å². The minimum Gasteiger partial charge on any atom is -0.519 e. The summed E-state index contributed by atoms with van der Waals surface area (Å²) in [4.78, 5) is 22.4. The number of thiol groups is 1. The van der Waals surface area contributed by atoms with Crippen molar-refractivity contribution in [2.24, 2.45) is 5.73 Å². The molecule has 0 aromatic carbocycles. The van der Waals surface area contributed by atoms with Gasteiger partial charge in [-0.1, -0.05) is 0 Å². The molecule has 0 spiro atoms. The summed E-state index contributed by atoms with van der Waals surface area (Å²) in [5.41, 5.74) is 5.40. The molecular weight excluding hydrogens is 232 g/mol. The molecule has 0 aliphatic carbocycles. The Morgan fingerprint density at radius 2 is 2.00 bits per heavy atom. The predicted molar refractivity (Wildman–Crippen MR) is 64.3 cm³/mol. The van der Waals surface area contributed by atoms with Crippen molar-refractivity contribution in [3.63, 3.8) is 0 Å². The molecule has 0 aromatic rings. The van der Waals surface area contributed by atoms with Gasteiger partial charge in [0.05, 0.1) is 6.04 Å². The highest BCUT2D eigenvalue weighted by Crippen LogP contribution is 2.01. The first kappa shape index (κ1) is 14.5. The molecule has 0 fully saturated rings. The van der Waals surface area contributed by atoms with Gasteiger partial charge >= 0.3 is 5.97 Å². The summed E-state index contributed by atoms with van der Waals surface area (Å²) in [6.45, 7) is 5.55. The van der Waals surface area contributed by atoms with Crippen LogP contribution in [0.15, 0.2) is 0 Å². The summed E-state index contributed by atoms with van der Waals surface area (Å²) in [7, 11) is -1.87. The van der Waals surface area contributed by atoms with E-state index in [1.807, 2.05) is 19.6 Å². The summed E-state index contributed by atoms with van der Waals surface area (Å²) in [6, 6.07) is -0.687. The van der Waals surface area contributed by atoms with Crippen LogP contribution in [0.5, 0.6) is 0 Å². The van der Waals surface area contributed by atoms with E-state index in [4.69, 9.17) is 10.2 Å². The van der Waals surface area contributed by atoms with Gasteiger partial charge in [-0.15, -0.1) is 0 Å². The van der Waals surface area contributed by atoms with Crippen LogP contribution in [0.25, 0.3) is 0 Å². The van der Waals surface area contributed by atoms with E-state index >= 15 is 0 Å². The highest BCUT2D eigenvalue weighted by atomic mass is 32.1. The molecule has 5 nitrogen and oxygen atoms in total. The Kier molecular flexibility index (Phi) is 5.92. The zero-order valence-corrected chi connectivity index (χ0v) is 11.1. The van der Waals surface area contributed by atoms with Crippen molar-refractivity contribution in [3.05, 3.63) is 0 Å². The Morgan fingerprint density at radius 1 is 1.47 bits per heavy atom. The van der Waals surface area contributed by atoms with E-state index in [-0.39, 0.29) is 12.3 Å².